The van der Waals surface area contributed by atoms with Crippen LogP contribution in [0, 0.1) is 0 Å². The summed E-state index contributed by atoms with van der Waals surface area (Å²) in [5.41, 5.74) is 11.9. The van der Waals surface area contributed by atoms with Crippen LogP contribution < -0.4 is 4.90 Å². The summed E-state index contributed by atoms with van der Waals surface area (Å²) in [4.78, 5) is 2.64. The van der Waals surface area contributed by atoms with E-state index in [0.29, 0.717) is 0 Å². The molecule has 4 aromatic carbocycles. The number of aromatic nitrogens is 2. The highest BCUT2D eigenvalue weighted by molar-refractivity contribution is 6.32. The van der Waals surface area contributed by atoms with E-state index in [4.69, 9.17) is 0 Å². The third-order valence-corrected chi connectivity index (χ3v) is 10.3. The number of rotatable bonds is 3. The van der Waals surface area contributed by atoms with E-state index in [-0.39, 0.29) is 12.0 Å². The fraction of sp³-hybridized carbons (Fsp3) is 0.143. The van der Waals surface area contributed by atoms with Crippen molar-refractivity contribution in [3.05, 3.63) is 145 Å². The second-order valence-corrected chi connectivity index (χ2v) is 12.6. The molecule has 3 nitrogen and oxygen atoms in total. The Labute approximate surface area is 262 Å². The Morgan fingerprint density at radius 1 is 0.622 bits per heavy atom. The summed E-state index contributed by atoms with van der Waals surface area (Å²) in [6.45, 7) is 0. The van der Waals surface area contributed by atoms with Crippen molar-refractivity contribution < 1.29 is 0 Å². The lowest BCUT2D eigenvalue weighted by molar-refractivity contribution is 0.747. The molecule has 1 aliphatic heterocycles. The molecule has 0 radical (unpaired) electrons. The summed E-state index contributed by atoms with van der Waals surface area (Å²) in [7, 11) is 0. The monoisotopic (exact) mass is 579 g/mol. The Balaban J connectivity index is 1.51. The van der Waals surface area contributed by atoms with Gasteiger partial charge in [0, 0.05) is 44.5 Å². The second kappa shape index (κ2) is 9.61. The van der Waals surface area contributed by atoms with E-state index in [1.807, 2.05) is 0 Å². The molecule has 3 heteroatoms. The minimum Gasteiger partial charge on any atom is -0.332 e. The zero-order valence-electron chi connectivity index (χ0n) is 25.1. The van der Waals surface area contributed by atoms with Crippen LogP contribution in [0.2, 0.25) is 0 Å². The molecule has 2 unspecified atom stereocenters. The van der Waals surface area contributed by atoms with Crippen LogP contribution in [0.1, 0.15) is 37.2 Å². The van der Waals surface area contributed by atoms with Crippen molar-refractivity contribution in [2.24, 2.45) is 0 Å². The van der Waals surface area contributed by atoms with Gasteiger partial charge in [0.1, 0.15) is 0 Å². The first-order valence-electron chi connectivity index (χ1n) is 16.3. The molecular weight excluding hydrogens is 546 g/mol. The van der Waals surface area contributed by atoms with Gasteiger partial charge >= 0.3 is 0 Å². The van der Waals surface area contributed by atoms with E-state index in [9.17, 15) is 0 Å². The first kappa shape index (κ1) is 25.1. The first-order valence-corrected chi connectivity index (χ1v) is 16.3. The molecule has 4 aliphatic rings. The number of hydrogen-bond donors (Lipinski definition) is 0. The molecule has 10 rings (SSSR count). The molecule has 45 heavy (non-hydrogen) atoms. The van der Waals surface area contributed by atoms with E-state index in [0.717, 1.165) is 25.7 Å². The molecule has 2 aromatic heterocycles. The van der Waals surface area contributed by atoms with Crippen molar-refractivity contribution in [2.45, 2.75) is 37.6 Å². The molecule has 0 N–H and O–H groups in total. The topological polar surface area (TPSA) is 13.1 Å². The van der Waals surface area contributed by atoms with Crippen LogP contribution in [0.3, 0.4) is 0 Å². The van der Waals surface area contributed by atoms with Crippen LogP contribution in [0.5, 0.6) is 0 Å². The average Bonchev–Trinajstić information content (AvgIpc) is 3.75. The number of hydrogen-bond acceptors (Lipinski definition) is 1. The van der Waals surface area contributed by atoms with Crippen LogP contribution in [0.4, 0.5) is 11.4 Å². The van der Waals surface area contributed by atoms with Crippen LogP contribution >= 0.6 is 0 Å². The second-order valence-electron chi connectivity index (χ2n) is 12.6. The van der Waals surface area contributed by atoms with Gasteiger partial charge in [-0.3, -0.25) is 0 Å². The first-order chi connectivity index (χ1) is 22.4. The molecule has 3 heterocycles. The fourth-order valence-corrected chi connectivity index (χ4v) is 8.52. The summed E-state index contributed by atoms with van der Waals surface area (Å²) in [5.74, 6) is 0.235. The minimum absolute atomic E-state index is 0.198. The number of benzene rings is 4. The predicted octanol–water partition coefficient (Wildman–Crippen LogP) is 11.0. The maximum absolute atomic E-state index is 2.64. The number of nitrogens with zero attached hydrogens (tertiary/aromatic N) is 3. The van der Waals surface area contributed by atoms with Crippen molar-refractivity contribution in [1.82, 2.24) is 9.13 Å². The SMILES string of the molecule is C1=CCCC(n2c3ccccc3c3c2c2c(c4c5ccccc5n(C5=CCCC=C5)c43)C3C=CC=CC3N2c2ccccc2)=C1. The lowest BCUT2D eigenvalue weighted by atomic mass is 9.87. The minimum atomic E-state index is 0.198. The zero-order valence-corrected chi connectivity index (χ0v) is 25.1. The molecule has 0 amide bonds. The van der Waals surface area contributed by atoms with Gasteiger partial charge in [-0.2, -0.15) is 0 Å². The lowest BCUT2D eigenvalue weighted by Crippen LogP contribution is -2.28. The molecular formula is C42H33N3. The zero-order chi connectivity index (χ0) is 29.5. The summed E-state index contributed by atoms with van der Waals surface area (Å²) in [6.07, 6.45) is 27.6. The summed E-state index contributed by atoms with van der Waals surface area (Å²) >= 11 is 0. The molecule has 0 saturated heterocycles. The quantitative estimate of drug-likeness (QED) is 0.203. The Kier molecular flexibility index (Phi) is 5.36. The largest absolute Gasteiger partial charge is 0.332 e. The Hall–Kier alpha value is -5.28. The van der Waals surface area contributed by atoms with Crippen molar-refractivity contribution in [1.29, 1.82) is 0 Å². The average molecular weight is 580 g/mol. The molecule has 6 aromatic rings. The Bertz CT molecular complexity index is 2390. The Morgan fingerprint density at radius 2 is 1.38 bits per heavy atom. The smallest absolute Gasteiger partial charge is 0.0801 e. The highest BCUT2D eigenvalue weighted by atomic mass is 15.2. The molecule has 0 fully saturated rings. The molecule has 2 atom stereocenters. The van der Waals surface area contributed by atoms with Crippen molar-refractivity contribution >= 4 is 66.4 Å². The highest BCUT2D eigenvalue weighted by Crippen LogP contribution is 2.58. The molecule has 3 aliphatic carbocycles. The Morgan fingerprint density at radius 3 is 2.16 bits per heavy atom. The van der Waals surface area contributed by atoms with Crippen LogP contribution in [-0.2, 0) is 0 Å². The number of allylic oxidation sites excluding steroid dienone is 10. The maximum Gasteiger partial charge on any atom is 0.0801 e. The van der Waals surface area contributed by atoms with Gasteiger partial charge in [-0.1, -0.05) is 103 Å². The summed E-state index contributed by atoms with van der Waals surface area (Å²) < 4.78 is 5.19. The normalized spacial score (nSPS) is 20.4. The fourth-order valence-electron chi connectivity index (χ4n) is 8.52. The maximum atomic E-state index is 2.64. The van der Waals surface area contributed by atoms with Gasteiger partial charge < -0.3 is 14.0 Å². The van der Waals surface area contributed by atoms with Crippen LogP contribution in [0.15, 0.2) is 140 Å². The number of fused-ring (bicyclic) bond motifs is 12. The summed E-state index contributed by atoms with van der Waals surface area (Å²) in [5, 5.41) is 5.38. The van der Waals surface area contributed by atoms with Gasteiger partial charge in [0.05, 0.1) is 33.8 Å². The van der Waals surface area contributed by atoms with E-state index >= 15 is 0 Å². The van der Waals surface area contributed by atoms with Gasteiger partial charge in [0.15, 0.2) is 0 Å². The lowest BCUT2D eigenvalue weighted by Gasteiger charge is -2.29. The van der Waals surface area contributed by atoms with Gasteiger partial charge in [-0.15, -0.1) is 0 Å². The third kappa shape index (κ3) is 3.41. The highest BCUT2D eigenvalue weighted by Gasteiger charge is 2.43. The van der Waals surface area contributed by atoms with Gasteiger partial charge in [0.25, 0.3) is 0 Å². The summed E-state index contributed by atoms with van der Waals surface area (Å²) in [6, 6.07) is 29.4. The predicted molar refractivity (Wildman–Crippen MR) is 191 cm³/mol. The molecule has 216 valence electrons. The third-order valence-electron chi connectivity index (χ3n) is 10.3. The van der Waals surface area contributed by atoms with Gasteiger partial charge in [-0.25, -0.2) is 0 Å². The van der Waals surface area contributed by atoms with E-state index in [2.05, 4.69) is 154 Å². The molecule has 0 spiro atoms. The van der Waals surface area contributed by atoms with Crippen molar-refractivity contribution in [3.63, 3.8) is 0 Å². The van der Waals surface area contributed by atoms with Gasteiger partial charge in [0.2, 0.25) is 0 Å². The molecule has 0 saturated carbocycles. The van der Waals surface area contributed by atoms with E-state index in [1.54, 1.807) is 0 Å². The van der Waals surface area contributed by atoms with Crippen LogP contribution in [0.25, 0.3) is 55.0 Å². The van der Waals surface area contributed by atoms with Gasteiger partial charge in [-0.05, 0) is 67.7 Å². The standard InChI is InChI=1S/C42H33N3/c1-4-16-28(17-5-1)43-34-25-13-10-22-31(34)37-38-32-23-11-14-26-35(32)44(29-18-6-2-7-19-29)41(38)42-39(40(37)43)33-24-12-15-27-36(33)45(42)30-20-8-3-9-21-30/h2-4,6-8,10-20,22-27,32,35H,1,5,9,21H2. The van der Waals surface area contributed by atoms with Crippen LogP contribution in [-0.4, -0.2) is 15.2 Å². The molecule has 0 bridgehead atoms. The van der Waals surface area contributed by atoms with Crippen molar-refractivity contribution in [3.8, 4) is 0 Å². The van der Waals surface area contributed by atoms with E-state index < -0.39 is 0 Å². The van der Waals surface area contributed by atoms with Crippen molar-refractivity contribution in [2.75, 3.05) is 4.90 Å². The van der Waals surface area contributed by atoms with E-state index in [1.165, 1.54) is 71.9 Å². The number of para-hydroxylation sites is 3. The number of anilines is 2.